The van der Waals surface area contributed by atoms with Crippen molar-refractivity contribution in [3.63, 3.8) is 0 Å². The number of hydrogen-bond donors (Lipinski definition) is 0. The molecule has 0 atom stereocenters. The molecule has 2 fully saturated rings. The van der Waals surface area contributed by atoms with Gasteiger partial charge in [0, 0.05) is 12.8 Å². The van der Waals surface area contributed by atoms with E-state index in [-0.39, 0.29) is 11.8 Å². The SMILES string of the molecule is CC(C)(C)OC(=O)CC=C1CCC2(CC1)OCCO2. The molecule has 1 saturated heterocycles. The predicted molar refractivity (Wildman–Crippen MR) is 71.6 cm³/mol. The van der Waals surface area contributed by atoms with Gasteiger partial charge in [-0.05, 0) is 33.6 Å². The third kappa shape index (κ3) is 4.32. The summed E-state index contributed by atoms with van der Waals surface area (Å²) >= 11 is 0. The van der Waals surface area contributed by atoms with Crippen molar-refractivity contribution in [1.29, 1.82) is 0 Å². The Morgan fingerprint density at radius 2 is 1.84 bits per heavy atom. The van der Waals surface area contributed by atoms with Gasteiger partial charge < -0.3 is 14.2 Å². The molecule has 1 aliphatic carbocycles. The molecule has 1 saturated carbocycles. The maximum Gasteiger partial charge on any atom is 0.310 e. The van der Waals surface area contributed by atoms with E-state index >= 15 is 0 Å². The second-order valence-corrected chi connectivity index (χ2v) is 6.26. The Hall–Kier alpha value is -0.870. The largest absolute Gasteiger partial charge is 0.460 e. The number of carbonyl (C=O) groups is 1. The first kappa shape index (κ1) is 14.5. The molecule has 19 heavy (non-hydrogen) atoms. The summed E-state index contributed by atoms with van der Waals surface area (Å²) < 4.78 is 16.6. The molecule has 0 aromatic carbocycles. The maximum atomic E-state index is 11.6. The lowest BCUT2D eigenvalue weighted by Crippen LogP contribution is -2.33. The fourth-order valence-electron chi connectivity index (χ4n) is 2.55. The second-order valence-electron chi connectivity index (χ2n) is 6.26. The van der Waals surface area contributed by atoms with Crippen LogP contribution in [0.5, 0.6) is 0 Å². The fraction of sp³-hybridized carbons (Fsp3) is 0.800. The topological polar surface area (TPSA) is 44.8 Å². The van der Waals surface area contributed by atoms with E-state index in [2.05, 4.69) is 0 Å². The molecular weight excluding hydrogens is 244 g/mol. The molecule has 0 radical (unpaired) electrons. The predicted octanol–water partition coefficient (Wildman–Crippen LogP) is 2.96. The van der Waals surface area contributed by atoms with E-state index in [1.165, 1.54) is 5.57 Å². The summed E-state index contributed by atoms with van der Waals surface area (Å²) in [4.78, 5) is 11.6. The van der Waals surface area contributed by atoms with Gasteiger partial charge >= 0.3 is 5.97 Å². The van der Waals surface area contributed by atoms with Gasteiger partial charge in [0.25, 0.3) is 0 Å². The number of hydrogen-bond acceptors (Lipinski definition) is 4. The van der Waals surface area contributed by atoms with E-state index in [9.17, 15) is 4.79 Å². The lowest BCUT2D eigenvalue weighted by Gasteiger charge is -2.32. The third-order valence-corrected chi connectivity index (χ3v) is 3.45. The molecule has 0 aromatic heterocycles. The highest BCUT2D eigenvalue weighted by molar-refractivity contribution is 5.71. The van der Waals surface area contributed by atoms with Crippen molar-refractivity contribution in [2.75, 3.05) is 13.2 Å². The zero-order chi connectivity index (χ0) is 13.9. The van der Waals surface area contributed by atoms with E-state index in [1.807, 2.05) is 26.8 Å². The van der Waals surface area contributed by atoms with Gasteiger partial charge in [-0.15, -0.1) is 0 Å². The lowest BCUT2D eigenvalue weighted by molar-refractivity contribution is -0.171. The molecule has 2 rings (SSSR count). The quantitative estimate of drug-likeness (QED) is 0.570. The van der Waals surface area contributed by atoms with Gasteiger partial charge in [-0.3, -0.25) is 4.79 Å². The first-order valence-corrected chi connectivity index (χ1v) is 7.06. The molecule has 0 bridgehead atoms. The standard InChI is InChI=1S/C15H24O4/c1-14(2,3)19-13(16)5-4-12-6-8-15(9-7-12)17-10-11-18-15/h4H,5-11H2,1-3H3. The van der Waals surface area contributed by atoms with Gasteiger partial charge in [0.2, 0.25) is 0 Å². The molecule has 4 heteroatoms. The molecule has 0 aromatic rings. The molecular formula is C15H24O4. The number of rotatable bonds is 2. The van der Waals surface area contributed by atoms with Crippen molar-refractivity contribution in [2.24, 2.45) is 0 Å². The van der Waals surface area contributed by atoms with Crippen molar-refractivity contribution < 1.29 is 19.0 Å². The Labute approximate surface area is 115 Å². The fourth-order valence-corrected chi connectivity index (χ4v) is 2.55. The van der Waals surface area contributed by atoms with E-state index in [4.69, 9.17) is 14.2 Å². The summed E-state index contributed by atoms with van der Waals surface area (Å²) in [6, 6.07) is 0. The third-order valence-electron chi connectivity index (χ3n) is 3.45. The number of esters is 1. The Morgan fingerprint density at radius 1 is 1.26 bits per heavy atom. The van der Waals surface area contributed by atoms with Crippen molar-refractivity contribution in [2.45, 2.75) is 64.3 Å². The van der Waals surface area contributed by atoms with Crippen LogP contribution in [0.1, 0.15) is 52.9 Å². The highest BCUT2D eigenvalue weighted by Gasteiger charge is 2.38. The summed E-state index contributed by atoms with van der Waals surface area (Å²) in [6.07, 6.45) is 6.06. The molecule has 0 amide bonds. The maximum absolute atomic E-state index is 11.6. The molecule has 108 valence electrons. The Morgan fingerprint density at radius 3 is 2.37 bits per heavy atom. The first-order chi connectivity index (χ1) is 8.89. The molecule has 0 N–H and O–H groups in total. The van der Waals surface area contributed by atoms with Crippen LogP contribution in [0.3, 0.4) is 0 Å². The molecule has 1 heterocycles. The summed E-state index contributed by atoms with van der Waals surface area (Å²) in [5, 5.41) is 0. The Bertz CT molecular complexity index is 347. The van der Waals surface area contributed by atoms with E-state index in [0.29, 0.717) is 19.6 Å². The molecule has 1 spiro atoms. The van der Waals surface area contributed by atoms with Crippen LogP contribution in [0.15, 0.2) is 11.6 Å². The van der Waals surface area contributed by atoms with E-state index in [1.54, 1.807) is 0 Å². The van der Waals surface area contributed by atoms with Gasteiger partial charge in [-0.1, -0.05) is 11.6 Å². The molecule has 0 unspecified atom stereocenters. The number of ether oxygens (including phenoxy) is 3. The van der Waals surface area contributed by atoms with Crippen LogP contribution in [0.2, 0.25) is 0 Å². The Balaban J connectivity index is 1.78. The van der Waals surface area contributed by atoms with Gasteiger partial charge in [0.1, 0.15) is 5.60 Å². The highest BCUT2D eigenvalue weighted by Crippen LogP contribution is 2.38. The summed E-state index contributed by atoms with van der Waals surface area (Å²) in [5.74, 6) is -0.489. The van der Waals surface area contributed by atoms with Crippen molar-refractivity contribution in [1.82, 2.24) is 0 Å². The van der Waals surface area contributed by atoms with Gasteiger partial charge in [0.05, 0.1) is 19.6 Å². The zero-order valence-electron chi connectivity index (χ0n) is 12.2. The highest BCUT2D eigenvalue weighted by atomic mass is 16.7. The minimum absolute atomic E-state index is 0.159. The first-order valence-electron chi connectivity index (χ1n) is 7.06. The minimum Gasteiger partial charge on any atom is -0.460 e. The smallest absolute Gasteiger partial charge is 0.310 e. The average Bonchev–Trinajstić information content (AvgIpc) is 2.75. The van der Waals surface area contributed by atoms with Gasteiger partial charge in [-0.25, -0.2) is 0 Å². The van der Waals surface area contributed by atoms with Crippen LogP contribution in [0, 0.1) is 0 Å². The van der Waals surface area contributed by atoms with Crippen molar-refractivity contribution in [3.8, 4) is 0 Å². The Kier molecular flexibility index (Phi) is 4.31. The van der Waals surface area contributed by atoms with Crippen molar-refractivity contribution >= 4 is 5.97 Å². The van der Waals surface area contributed by atoms with Crippen LogP contribution in [-0.2, 0) is 19.0 Å². The van der Waals surface area contributed by atoms with Gasteiger partial charge in [0.15, 0.2) is 5.79 Å². The van der Waals surface area contributed by atoms with Crippen LogP contribution >= 0.6 is 0 Å². The average molecular weight is 268 g/mol. The minimum atomic E-state index is -0.405. The number of allylic oxidation sites excluding steroid dienone is 1. The van der Waals surface area contributed by atoms with Crippen LogP contribution < -0.4 is 0 Å². The summed E-state index contributed by atoms with van der Waals surface area (Å²) in [6.45, 7) is 7.07. The molecule has 4 nitrogen and oxygen atoms in total. The lowest BCUT2D eigenvalue weighted by atomic mass is 9.89. The normalized spacial score (nSPS) is 22.6. The molecule has 1 aliphatic heterocycles. The summed E-state index contributed by atoms with van der Waals surface area (Å²) in [7, 11) is 0. The van der Waals surface area contributed by atoms with Crippen LogP contribution in [0.4, 0.5) is 0 Å². The van der Waals surface area contributed by atoms with Crippen molar-refractivity contribution in [3.05, 3.63) is 11.6 Å². The zero-order valence-corrected chi connectivity index (χ0v) is 12.2. The van der Waals surface area contributed by atoms with E-state index < -0.39 is 5.60 Å². The van der Waals surface area contributed by atoms with E-state index in [0.717, 1.165) is 25.7 Å². The summed E-state index contributed by atoms with van der Waals surface area (Å²) in [5.41, 5.74) is 0.910. The second kappa shape index (κ2) is 5.63. The van der Waals surface area contributed by atoms with Crippen LogP contribution in [0.25, 0.3) is 0 Å². The monoisotopic (exact) mass is 268 g/mol. The molecule has 2 aliphatic rings. The van der Waals surface area contributed by atoms with Gasteiger partial charge in [-0.2, -0.15) is 0 Å². The number of carbonyl (C=O) groups excluding carboxylic acids is 1. The van der Waals surface area contributed by atoms with Crippen LogP contribution in [-0.4, -0.2) is 30.6 Å².